The van der Waals surface area contributed by atoms with Crippen molar-refractivity contribution < 1.29 is 0 Å². The summed E-state index contributed by atoms with van der Waals surface area (Å²) in [6.07, 6.45) is 0.964. The maximum atomic E-state index is 6.74. The first-order valence-electron chi connectivity index (χ1n) is 3.91. The lowest BCUT2D eigenvalue weighted by atomic mass is 10.1. The van der Waals surface area contributed by atoms with Crippen LogP contribution in [0.2, 0.25) is 0 Å². The summed E-state index contributed by atoms with van der Waals surface area (Å²) >= 11 is 0. The van der Waals surface area contributed by atoms with Gasteiger partial charge in [0.05, 0.1) is 12.1 Å². The van der Waals surface area contributed by atoms with Gasteiger partial charge in [0.1, 0.15) is 0 Å². The number of halogens is 1. The highest BCUT2D eigenvalue weighted by Gasteiger charge is 2.15. The molecule has 3 nitrogen and oxygen atoms in total. The second-order valence-electron chi connectivity index (χ2n) is 2.92. The topological polar surface area (TPSA) is 39.5 Å². The van der Waals surface area contributed by atoms with E-state index in [-0.39, 0.29) is 18.4 Å². The van der Waals surface area contributed by atoms with Crippen molar-refractivity contribution in [2.45, 2.75) is 32.4 Å². The molecule has 0 saturated heterocycles. The van der Waals surface area contributed by atoms with Gasteiger partial charge >= 0.3 is 0 Å². The second kappa shape index (κ2) is 7.29. The molecule has 0 aromatic heterocycles. The molecule has 0 bridgehead atoms. The van der Waals surface area contributed by atoms with Crippen LogP contribution in [0, 0.1) is 5.41 Å². The van der Waals surface area contributed by atoms with Gasteiger partial charge in [0.25, 0.3) is 0 Å². The number of likely N-dealkylation sites (N-methyl/N-ethyl adjacent to an activating group) is 1. The molecular weight excluding hydrogens is 174 g/mol. The highest BCUT2D eigenvalue weighted by molar-refractivity contribution is 5.85. The van der Waals surface area contributed by atoms with Crippen molar-refractivity contribution >= 4 is 18.4 Å². The highest BCUT2D eigenvalue weighted by atomic mass is 35.5. The Hall–Kier alpha value is -0.370. The Kier molecular flexibility index (Phi) is 8.61. The molecule has 0 amide bonds. The maximum Gasteiger partial charge on any atom is 0.0865 e. The Balaban J connectivity index is 0. The highest BCUT2D eigenvalue weighted by Crippen LogP contribution is 2.06. The molecule has 0 aliphatic heterocycles. The van der Waals surface area contributed by atoms with Crippen molar-refractivity contribution in [2.24, 2.45) is 4.99 Å². The van der Waals surface area contributed by atoms with E-state index in [0.717, 1.165) is 6.42 Å². The van der Waals surface area contributed by atoms with Gasteiger partial charge < -0.3 is 4.90 Å². The zero-order valence-electron chi connectivity index (χ0n) is 8.16. The standard InChI is InChI=1S/C8H17N3.ClH/c1-5-8(10-6-9)7(2)11(3)4;/h7-9H,5H2,1-4H3;1H. The van der Waals surface area contributed by atoms with Gasteiger partial charge in [-0.3, -0.25) is 0 Å². The summed E-state index contributed by atoms with van der Waals surface area (Å²) in [5.74, 6) is 0. The number of nitrogens with one attached hydrogen (secondary N) is 1. The van der Waals surface area contributed by atoms with E-state index in [4.69, 9.17) is 5.41 Å². The van der Waals surface area contributed by atoms with Crippen molar-refractivity contribution in [3.05, 3.63) is 0 Å². The summed E-state index contributed by atoms with van der Waals surface area (Å²) in [4.78, 5) is 6.04. The Labute approximate surface area is 80.8 Å². The first kappa shape index (κ1) is 14.2. The zero-order chi connectivity index (χ0) is 8.85. The average Bonchev–Trinajstić information content (AvgIpc) is 1.98. The van der Waals surface area contributed by atoms with Crippen LogP contribution in [0.15, 0.2) is 4.99 Å². The van der Waals surface area contributed by atoms with Gasteiger partial charge in [-0.2, -0.15) is 0 Å². The van der Waals surface area contributed by atoms with E-state index < -0.39 is 0 Å². The SMILES string of the molecule is CCC(N=C=N)C(C)N(C)C.Cl. The van der Waals surface area contributed by atoms with Crippen LogP contribution in [-0.2, 0) is 0 Å². The molecule has 2 atom stereocenters. The molecule has 4 heteroatoms. The first-order chi connectivity index (χ1) is 5.13. The van der Waals surface area contributed by atoms with Gasteiger partial charge in [0, 0.05) is 6.04 Å². The number of aliphatic imine (C=N–C) groups is 1. The molecule has 0 rings (SSSR count). The molecule has 0 aliphatic carbocycles. The van der Waals surface area contributed by atoms with E-state index in [2.05, 4.69) is 29.7 Å². The molecule has 2 unspecified atom stereocenters. The van der Waals surface area contributed by atoms with Gasteiger partial charge in [0.2, 0.25) is 0 Å². The van der Waals surface area contributed by atoms with Gasteiger partial charge in [-0.15, -0.1) is 12.4 Å². The molecule has 0 fully saturated rings. The maximum absolute atomic E-state index is 6.74. The third kappa shape index (κ3) is 4.50. The monoisotopic (exact) mass is 191 g/mol. The fourth-order valence-electron chi connectivity index (χ4n) is 0.967. The molecule has 72 valence electrons. The van der Waals surface area contributed by atoms with Crippen LogP contribution in [0.3, 0.4) is 0 Å². The van der Waals surface area contributed by atoms with Crippen LogP contribution in [0.1, 0.15) is 20.3 Å². The molecule has 1 N–H and O–H groups in total. The predicted octanol–water partition coefficient (Wildman–Crippen LogP) is 1.89. The average molecular weight is 192 g/mol. The van der Waals surface area contributed by atoms with Crippen LogP contribution in [0.5, 0.6) is 0 Å². The largest absolute Gasteiger partial charge is 0.305 e. The third-order valence-corrected chi connectivity index (χ3v) is 2.02. The summed E-state index contributed by atoms with van der Waals surface area (Å²) in [7, 11) is 4.04. The van der Waals surface area contributed by atoms with Crippen molar-refractivity contribution in [1.29, 1.82) is 5.41 Å². The molecule has 0 heterocycles. The van der Waals surface area contributed by atoms with Crippen molar-refractivity contribution in [2.75, 3.05) is 14.1 Å². The van der Waals surface area contributed by atoms with Gasteiger partial charge in [-0.1, -0.05) is 6.92 Å². The summed E-state index contributed by atoms with van der Waals surface area (Å²) < 4.78 is 0. The van der Waals surface area contributed by atoms with Gasteiger partial charge in [0.15, 0.2) is 0 Å². The lowest BCUT2D eigenvalue weighted by molar-refractivity contribution is 0.270. The van der Waals surface area contributed by atoms with Crippen LogP contribution in [-0.4, -0.2) is 37.1 Å². The molecule has 12 heavy (non-hydrogen) atoms. The Bertz CT molecular complexity index is 152. The minimum Gasteiger partial charge on any atom is -0.305 e. The fourth-order valence-corrected chi connectivity index (χ4v) is 0.967. The molecule has 0 saturated carbocycles. The summed E-state index contributed by atoms with van der Waals surface area (Å²) in [5, 5.41) is 6.74. The minimum absolute atomic E-state index is 0. The number of nitrogens with zero attached hydrogens (tertiary/aromatic N) is 2. The lowest BCUT2D eigenvalue weighted by Crippen LogP contribution is -2.34. The molecule has 0 spiro atoms. The smallest absolute Gasteiger partial charge is 0.0865 e. The van der Waals surface area contributed by atoms with Crippen molar-refractivity contribution in [3.8, 4) is 0 Å². The Morgan fingerprint density at radius 2 is 2.00 bits per heavy atom. The van der Waals surface area contributed by atoms with Crippen LogP contribution < -0.4 is 0 Å². The zero-order valence-corrected chi connectivity index (χ0v) is 8.98. The number of hydrogen-bond donors (Lipinski definition) is 1. The van der Waals surface area contributed by atoms with Gasteiger partial charge in [-0.25, -0.2) is 10.4 Å². The molecule has 0 aliphatic rings. The van der Waals surface area contributed by atoms with E-state index in [1.807, 2.05) is 14.1 Å². The second-order valence-corrected chi connectivity index (χ2v) is 2.92. The Morgan fingerprint density at radius 1 is 1.50 bits per heavy atom. The molecule has 0 radical (unpaired) electrons. The van der Waals surface area contributed by atoms with Crippen molar-refractivity contribution in [3.63, 3.8) is 0 Å². The van der Waals surface area contributed by atoms with Crippen LogP contribution in [0.4, 0.5) is 0 Å². The predicted molar refractivity (Wildman–Crippen MR) is 54.6 cm³/mol. The van der Waals surface area contributed by atoms with Gasteiger partial charge in [-0.05, 0) is 27.4 Å². The molecule has 0 aromatic rings. The summed E-state index contributed by atoms with van der Waals surface area (Å²) in [6.45, 7) is 4.18. The lowest BCUT2D eigenvalue weighted by Gasteiger charge is -2.24. The van der Waals surface area contributed by atoms with E-state index in [1.54, 1.807) is 0 Å². The normalized spacial score (nSPS) is 14.4. The third-order valence-electron chi connectivity index (χ3n) is 2.02. The quantitative estimate of drug-likeness (QED) is 0.678. The minimum atomic E-state index is 0. The fraction of sp³-hybridized carbons (Fsp3) is 0.875. The van der Waals surface area contributed by atoms with Crippen molar-refractivity contribution in [1.82, 2.24) is 4.90 Å². The Morgan fingerprint density at radius 3 is 2.25 bits per heavy atom. The summed E-state index contributed by atoms with van der Waals surface area (Å²) in [6, 6.07) is 2.70. The van der Waals surface area contributed by atoms with E-state index in [1.165, 1.54) is 0 Å². The summed E-state index contributed by atoms with van der Waals surface area (Å²) in [5.41, 5.74) is 0. The van der Waals surface area contributed by atoms with Crippen LogP contribution >= 0.6 is 12.4 Å². The number of hydrogen-bond acceptors (Lipinski definition) is 3. The van der Waals surface area contributed by atoms with E-state index in [0.29, 0.717) is 6.04 Å². The first-order valence-corrected chi connectivity index (χ1v) is 3.91. The number of rotatable bonds is 4. The van der Waals surface area contributed by atoms with Crippen LogP contribution in [0.25, 0.3) is 0 Å². The van der Waals surface area contributed by atoms with E-state index in [9.17, 15) is 0 Å². The molecular formula is C8H18ClN3. The van der Waals surface area contributed by atoms with E-state index >= 15 is 0 Å². The molecule has 0 aromatic carbocycles.